The van der Waals surface area contributed by atoms with Crippen molar-refractivity contribution >= 4 is 34.7 Å². The maximum Gasteiger partial charge on any atom is 0.349 e. The molecule has 0 spiro atoms. The van der Waals surface area contributed by atoms with Gasteiger partial charge < -0.3 is 4.74 Å². The van der Waals surface area contributed by atoms with Gasteiger partial charge in [-0.3, -0.25) is 0 Å². The largest absolute Gasteiger partial charge is 0.457 e. The lowest BCUT2D eigenvalue weighted by Gasteiger charge is -1.98. The molecular formula is C14H10N2O2S2. The van der Waals surface area contributed by atoms with Crippen molar-refractivity contribution in [2.45, 2.75) is 0 Å². The fourth-order valence-corrected chi connectivity index (χ4v) is 2.86. The molecule has 100 valence electrons. The minimum absolute atomic E-state index is 0.0750. The van der Waals surface area contributed by atoms with E-state index in [1.54, 1.807) is 16.7 Å². The smallest absolute Gasteiger partial charge is 0.349 e. The number of hydrogen-bond acceptors (Lipinski definition) is 6. The first-order chi connectivity index (χ1) is 9.74. The quantitative estimate of drug-likeness (QED) is 0.367. The number of rotatable bonds is 5. The van der Waals surface area contributed by atoms with Crippen LogP contribution in [0.1, 0.15) is 5.69 Å². The summed E-state index contributed by atoms with van der Waals surface area (Å²) < 4.78 is 4.82. The molecule has 0 N–H and O–H groups in total. The second kappa shape index (κ2) is 6.80. The molecule has 0 saturated carbocycles. The van der Waals surface area contributed by atoms with E-state index in [4.69, 9.17) is 10.00 Å². The summed E-state index contributed by atoms with van der Waals surface area (Å²) in [6, 6.07) is 3.79. The molecule has 2 aromatic heterocycles. The summed E-state index contributed by atoms with van der Waals surface area (Å²) in [6.45, 7) is 3.52. The topological polar surface area (TPSA) is 63.0 Å². The van der Waals surface area contributed by atoms with Crippen LogP contribution in [0, 0.1) is 11.3 Å². The van der Waals surface area contributed by atoms with Crippen molar-refractivity contribution in [2.24, 2.45) is 0 Å². The number of carbonyl (C=O) groups excluding carboxylic acids is 1. The second-order valence-corrected chi connectivity index (χ2v) is 5.28. The number of aromatic nitrogens is 1. The van der Waals surface area contributed by atoms with E-state index in [9.17, 15) is 4.79 Å². The normalized spacial score (nSPS) is 10.8. The van der Waals surface area contributed by atoms with E-state index in [0.717, 1.165) is 10.6 Å². The highest BCUT2D eigenvalue weighted by Gasteiger charge is 2.11. The number of ether oxygens (including phenoxy) is 1. The van der Waals surface area contributed by atoms with Crippen LogP contribution < -0.4 is 0 Å². The Kier molecular flexibility index (Phi) is 4.82. The van der Waals surface area contributed by atoms with Crippen LogP contribution in [0.25, 0.3) is 16.6 Å². The molecule has 0 bridgehead atoms. The number of thiophene rings is 1. The molecule has 2 aromatic rings. The van der Waals surface area contributed by atoms with E-state index in [1.807, 2.05) is 22.9 Å². The summed E-state index contributed by atoms with van der Waals surface area (Å²) >= 11 is 3.05. The Labute approximate surface area is 124 Å². The van der Waals surface area contributed by atoms with Gasteiger partial charge in [-0.1, -0.05) is 12.7 Å². The Hall–Kier alpha value is -2.23. The fraction of sp³-hybridized carbons (Fsp3) is 0.0714. The highest BCUT2D eigenvalue weighted by Crippen LogP contribution is 2.26. The monoisotopic (exact) mass is 302 g/mol. The third-order valence-corrected chi connectivity index (χ3v) is 3.85. The van der Waals surface area contributed by atoms with Gasteiger partial charge in [0.15, 0.2) is 0 Å². The molecule has 20 heavy (non-hydrogen) atoms. The van der Waals surface area contributed by atoms with E-state index >= 15 is 0 Å². The van der Waals surface area contributed by atoms with Crippen LogP contribution in [0.5, 0.6) is 0 Å². The first-order valence-corrected chi connectivity index (χ1v) is 7.44. The lowest BCUT2D eigenvalue weighted by atomic mass is 10.2. The predicted octanol–water partition coefficient (Wildman–Crippen LogP) is 3.51. The van der Waals surface area contributed by atoms with E-state index in [0.29, 0.717) is 5.69 Å². The summed E-state index contributed by atoms with van der Waals surface area (Å²) in [5, 5.41) is 15.6. The van der Waals surface area contributed by atoms with Crippen LogP contribution in [0.3, 0.4) is 0 Å². The summed E-state index contributed by atoms with van der Waals surface area (Å²) in [6.07, 6.45) is 2.88. The van der Waals surface area contributed by atoms with Crippen molar-refractivity contribution < 1.29 is 9.53 Å². The molecule has 0 aliphatic carbocycles. The minimum atomic E-state index is -0.669. The lowest BCUT2D eigenvalue weighted by Crippen LogP contribution is -2.06. The molecule has 2 rings (SSSR count). The van der Waals surface area contributed by atoms with E-state index in [1.165, 1.54) is 23.5 Å². The highest BCUT2D eigenvalue weighted by molar-refractivity contribution is 7.14. The van der Waals surface area contributed by atoms with Crippen LogP contribution >= 0.6 is 22.7 Å². The van der Waals surface area contributed by atoms with Gasteiger partial charge >= 0.3 is 5.97 Å². The van der Waals surface area contributed by atoms with Gasteiger partial charge in [0.1, 0.15) is 23.3 Å². The van der Waals surface area contributed by atoms with E-state index in [2.05, 4.69) is 11.6 Å². The Morgan fingerprint density at radius 2 is 2.40 bits per heavy atom. The Bertz CT molecular complexity index is 678. The van der Waals surface area contributed by atoms with Crippen molar-refractivity contribution in [1.29, 1.82) is 5.26 Å². The van der Waals surface area contributed by atoms with Crippen molar-refractivity contribution in [3.8, 4) is 16.6 Å². The third-order valence-electron chi connectivity index (χ3n) is 2.25. The lowest BCUT2D eigenvalue weighted by molar-refractivity contribution is -0.137. The van der Waals surface area contributed by atoms with Crippen LogP contribution in [0.4, 0.5) is 0 Å². The molecule has 0 radical (unpaired) electrons. The average Bonchev–Trinajstić information content (AvgIpc) is 3.12. The number of esters is 1. The van der Waals surface area contributed by atoms with Crippen LogP contribution in [-0.4, -0.2) is 17.6 Å². The van der Waals surface area contributed by atoms with Crippen molar-refractivity contribution in [1.82, 2.24) is 4.98 Å². The van der Waals surface area contributed by atoms with Crippen LogP contribution in [0.2, 0.25) is 0 Å². The van der Waals surface area contributed by atoms with Gasteiger partial charge in [-0.25, -0.2) is 9.78 Å². The van der Waals surface area contributed by atoms with Gasteiger partial charge in [-0.05, 0) is 17.5 Å². The van der Waals surface area contributed by atoms with Gasteiger partial charge in [-0.2, -0.15) is 16.6 Å². The first kappa shape index (κ1) is 14.2. The van der Waals surface area contributed by atoms with Crippen molar-refractivity contribution in [3.63, 3.8) is 0 Å². The zero-order valence-electron chi connectivity index (χ0n) is 10.4. The minimum Gasteiger partial charge on any atom is -0.457 e. The molecular weight excluding hydrogens is 292 g/mol. The molecule has 0 unspecified atom stereocenters. The maximum absolute atomic E-state index is 11.6. The molecule has 2 heterocycles. The van der Waals surface area contributed by atoms with Gasteiger partial charge in [0.2, 0.25) is 0 Å². The summed E-state index contributed by atoms with van der Waals surface area (Å²) in [5.41, 5.74) is 1.53. The standard InChI is InChI=1S/C14H10N2O2S2/c1-2-4-18-14(17)11(7-15)6-12-9-20-13(16-12)10-3-5-19-8-10/h2-3,5-6,8-9H,1,4H2. The second-order valence-electron chi connectivity index (χ2n) is 3.65. The maximum atomic E-state index is 11.6. The van der Waals surface area contributed by atoms with Crippen molar-refractivity contribution in [2.75, 3.05) is 6.61 Å². The molecule has 0 saturated heterocycles. The third kappa shape index (κ3) is 3.41. The van der Waals surface area contributed by atoms with E-state index < -0.39 is 5.97 Å². The SMILES string of the molecule is C=CCOC(=O)C(C#N)=Cc1csc(-c2ccsc2)n1. The number of hydrogen-bond donors (Lipinski definition) is 0. The summed E-state index contributed by atoms with van der Waals surface area (Å²) in [7, 11) is 0. The highest BCUT2D eigenvalue weighted by atomic mass is 32.1. The Balaban J connectivity index is 2.19. The first-order valence-electron chi connectivity index (χ1n) is 5.62. The summed E-state index contributed by atoms with van der Waals surface area (Å²) in [4.78, 5) is 16.0. The average molecular weight is 302 g/mol. The molecule has 0 fully saturated rings. The summed E-state index contributed by atoms with van der Waals surface area (Å²) in [5.74, 6) is -0.669. The number of thiazole rings is 1. The van der Waals surface area contributed by atoms with Crippen LogP contribution in [-0.2, 0) is 9.53 Å². The zero-order chi connectivity index (χ0) is 14.4. The fourth-order valence-electron chi connectivity index (χ4n) is 1.37. The van der Waals surface area contributed by atoms with Crippen molar-refractivity contribution in [3.05, 3.63) is 46.1 Å². The molecule has 0 aliphatic heterocycles. The van der Waals surface area contributed by atoms with E-state index in [-0.39, 0.29) is 12.2 Å². The molecule has 0 atom stereocenters. The molecule has 0 aliphatic rings. The zero-order valence-corrected chi connectivity index (χ0v) is 12.0. The molecule has 6 heteroatoms. The van der Waals surface area contributed by atoms with Gasteiger partial charge in [0, 0.05) is 16.3 Å². The number of nitriles is 1. The molecule has 0 amide bonds. The number of carbonyl (C=O) groups is 1. The molecule has 4 nitrogen and oxygen atoms in total. The van der Waals surface area contributed by atoms with Crippen LogP contribution in [0.15, 0.2) is 40.4 Å². The Morgan fingerprint density at radius 1 is 1.55 bits per heavy atom. The Morgan fingerprint density at radius 3 is 3.05 bits per heavy atom. The van der Waals surface area contributed by atoms with Gasteiger partial charge in [0.25, 0.3) is 0 Å². The van der Waals surface area contributed by atoms with Gasteiger partial charge in [-0.15, -0.1) is 11.3 Å². The van der Waals surface area contributed by atoms with Gasteiger partial charge in [0.05, 0.1) is 5.69 Å². The predicted molar refractivity (Wildman–Crippen MR) is 80.2 cm³/mol. The number of nitrogens with zero attached hydrogens (tertiary/aromatic N) is 2. The molecule has 0 aromatic carbocycles.